The summed E-state index contributed by atoms with van der Waals surface area (Å²) in [5, 5.41) is 0. The molecule has 0 N–H and O–H groups in total. The summed E-state index contributed by atoms with van der Waals surface area (Å²) in [6.07, 6.45) is -3.54. The molecule has 2 aromatic carbocycles. The Morgan fingerprint density at radius 2 is 1.43 bits per heavy atom. The van der Waals surface area contributed by atoms with E-state index in [2.05, 4.69) is 0 Å². The van der Waals surface area contributed by atoms with Crippen molar-refractivity contribution in [2.24, 2.45) is 5.92 Å². The lowest BCUT2D eigenvalue weighted by atomic mass is 9.77. The molecule has 0 amide bonds. The van der Waals surface area contributed by atoms with Crippen LogP contribution in [0.5, 0.6) is 0 Å². The minimum atomic E-state index is -5.38. The van der Waals surface area contributed by atoms with Gasteiger partial charge in [-0.05, 0) is 79.2 Å². The first-order chi connectivity index (χ1) is 14.2. The summed E-state index contributed by atoms with van der Waals surface area (Å²) in [5.41, 5.74) is -0.0553. The van der Waals surface area contributed by atoms with E-state index in [1.54, 1.807) is 12.1 Å². The fraction of sp³-hybridized carbons (Fsp3) is 0.478. The summed E-state index contributed by atoms with van der Waals surface area (Å²) in [5.74, 6) is -2.22. The van der Waals surface area contributed by atoms with Gasteiger partial charge in [0.2, 0.25) is 6.17 Å². The summed E-state index contributed by atoms with van der Waals surface area (Å²) in [6, 6.07) is 8.46. The van der Waals surface area contributed by atoms with Gasteiger partial charge in [-0.3, -0.25) is 4.39 Å². The maximum atomic E-state index is 14.1. The highest BCUT2D eigenvalue weighted by atomic mass is 19.4. The van der Waals surface area contributed by atoms with E-state index in [4.69, 9.17) is 0 Å². The van der Waals surface area contributed by atoms with Crippen LogP contribution in [-0.4, -0.2) is 12.9 Å². The van der Waals surface area contributed by atoms with Crippen LogP contribution in [0.1, 0.15) is 61.7 Å². The predicted octanol–water partition coefficient (Wildman–Crippen LogP) is 8.23. The Labute approximate surface area is 171 Å². The lowest BCUT2D eigenvalue weighted by molar-refractivity contribution is -0.184. The topological polar surface area (TPSA) is 0 Å². The fourth-order valence-corrected chi connectivity index (χ4v) is 4.25. The Morgan fingerprint density at radius 1 is 0.867 bits per heavy atom. The van der Waals surface area contributed by atoms with Crippen LogP contribution < -0.4 is 0 Å². The molecule has 0 spiro atoms. The van der Waals surface area contributed by atoms with Crippen LogP contribution in [0.2, 0.25) is 0 Å². The van der Waals surface area contributed by atoms with Gasteiger partial charge < -0.3 is 0 Å². The molecule has 0 bridgehead atoms. The first-order valence-corrected chi connectivity index (χ1v) is 10.1. The molecule has 0 nitrogen and oxygen atoms in total. The van der Waals surface area contributed by atoms with Crippen molar-refractivity contribution in [2.75, 3.05) is 6.67 Å². The number of hydrogen-bond acceptors (Lipinski definition) is 0. The molecule has 164 valence electrons. The summed E-state index contributed by atoms with van der Waals surface area (Å²) in [4.78, 5) is 0. The average molecular weight is 432 g/mol. The number of benzene rings is 2. The van der Waals surface area contributed by atoms with Crippen molar-refractivity contribution in [3.05, 3.63) is 59.2 Å². The Kier molecular flexibility index (Phi) is 7.09. The quantitative estimate of drug-likeness (QED) is 0.403. The van der Waals surface area contributed by atoms with Crippen molar-refractivity contribution in [1.29, 1.82) is 0 Å². The molecule has 7 heteroatoms. The molecule has 1 saturated carbocycles. The van der Waals surface area contributed by atoms with Gasteiger partial charge >= 0.3 is 6.18 Å². The lowest BCUT2D eigenvalue weighted by Crippen LogP contribution is -2.19. The molecule has 2 aromatic rings. The summed E-state index contributed by atoms with van der Waals surface area (Å²) >= 11 is 0. The molecule has 1 aliphatic carbocycles. The second kappa shape index (κ2) is 9.40. The van der Waals surface area contributed by atoms with Gasteiger partial charge in [-0.2, -0.15) is 13.2 Å². The maximum Gasteiger partial charge on any atom is 0.424 e. The van der Waals surface area contributed by atoms with Gasteiger partial charge in [-0.25, -0.2) is 13.2 Å². The highest BCUT2D eigenvalue weighted by molar-refractivity contribution is 5.64. The molecular weight excluding hydrogens is 409 g/mol. The van der Waals surface area contributed by atoms with Gasteiger partial charge in [0.05, 0.1) is 12.2 Å². The Hall–Kier alpha value is -2.05. The molecule has 1 atom stereocenters. The third kappa shape index (κ3) is 5.16. The van der Waals surface area contributed by atoms with E-state index >= 15 is 0 Å². The van der Waals surface area contributed by atoms with Crippen molar-refractivity contribution in [3.63, 3.8) is 0 Å². The third-order valence-corrected chi connectivity index (χ3v) is 5.93. The molecule has 1 aliphatic rings. The Bertz CT molecular complexity index is 811. The second-order valence-corrected chi connectivity index (χ2v) is 7.93. The minimum Gasteiger partial charge on any atom is -0.251 e. The largest absolute Gasteiger partial charge is 0.424 e. The van der Waals surface area contributed by atoms with E-state index in [-0.39, 0.29) is 12.2 Å². The van der Waals surface area contributed by atoms with Crippen LogP contribution >= 0.6 is 0 Å². The van der Waals surface area contributed by atoms with E-state index < -0.39 is 29.5 Å². The normalized spacial score (nSPS) is 20.9. The number of halogens is 7. The zero-order chi connectivity index (χ0) is 21.9. The van der Waals surface area contributed by atoms with E-state index in [9.17, 15) is 30.7 Å². The van der Waals surface area contributed by atoms with E-state index in [1.165, 1.54) is 0 Å². The van der Waals surface area contributed by atoms with Gasteiger partial charge in [0.1, 0.15) is 11.6 Å². The van der Waals surface area contributed by atoms with Crippen molar-refractivity contribution < 1.29 is 30.7 Å². The molecule has 0 saturated heterocycles. The number of alkyl halides is 5. The van der Waals surface area contributed by atoms with Crippen LogP contribution in [0.4, 0.5) is 30.7 Å². The predicted molar refractivity (Wildman–Crippen MR) is 102 cm³/mol. The number of hydrogen-bond donors (Lipinski definition) is 0. The summed E-state index contributed by atoms with van der Waals surface area (Å²) in [6.45, 7) is -0.286. The van der Waals surface area contributed by atoms with Gasteiger partial charge in [0.25, 0.3) is 0 Å². The van der Waals surface area contributed by atoms with Crippen molar-refractivity contribution in [3.8, 4) is 11.1 Å². The van der Waals surface area contributed by atoms with Crippen LogP contribution in [-0.2, 0) is 0 Å². The molecule has 0 aliphatic heterocycles. The van der Waals surface area contributed by atoms with Crippen molar-refractivity contribution in [2.45, 2.75) is 56.8 Å². The number of rotatable bonds is 6. The summed E-state index contributed by atoms with van der Waals surface area (Å²) < 4.78 is 91.4. The Morgan fingerprint density at radius 3 is 1.93 bits per heavy atom. The smallest absolute Gasteiger partial charge is 0.251 e. The average Bonchev–Trinajstić information content (AvgIpc) is 2.71. The van der Waals surface area contributed by atoms with Crippen molar-refractivity contribution >= 4 is 0 Å². The van der Waals surface area contributed by atoms with Gasteiger partial charge in [0, 0.05) is 0 Å². The lowest BCUT2D eigenvalue weighted by Gasteiger charge is -2.28. The molecule has 0 heterocycles. The van der Waals surface area contributed by atoms with Gasteiger partial charge in [-0.1, -0.05) is 24.3 Å². The van der Waals surface area contributed by atoms with Crippen LogP contribution in [0.3, 0.4) is 0 Å². The van der Waals surface area contributed by atoms with Gasteiger partial charge in [0.15, 0.2) is 0 Å². The van der Waals surface area contributed by atoms with Crippen LogP contribution in [0, 0.1) is 17.6 Å². The highest BCUT2D eigenvalue weighted by Gasteiger charge is 2.44. The molecule has 0 radical (unpaired) electrons. The SMILES string of the molecule is FCCCC1CCC(c2ccc(-c3cc(F)c(C(F)C(F)(F)F)c(F)c3)cc2)CC1. The van der Waals surface area contributed by atoms with E-state index in [0.29, 0.717) is 23.8 Å². The highest BCUT2D eigenvalue weighted by Crippen LogP contribution is 2.40. The van der Waals surface area contributed by atoms with E-state index in [1.807, 2.05) is 12.1 Å². The first-order valence-electron chi connectivity index (χ1n) is 10.1. The second-order valence-electron chi connectivity index (χ2n) is 7.93. The van der Waals surface area contributed by atoms with E-state index in [0.717, 1.165) is 49.8 Å². The zero-order valence-electron chi connectivity index (χ0n) is 16.3. The standard InChI is InChI=1S/C23H23F7/c24-11-1-2-14-3-5-15(6-4-14)16-7-9-17(10-8-16)18-12-19(25)21(20(26)13-18)22(27)23(28,29)30/h7-10,12-15,22H,1-6,11H2. The van der Waals surface area contributed by atoms with Gasteiger partial charge in [-0.15, -0.1) is 0 Å². The van der Waals surface area contributed by atoms with Crippen LogP contribution in [0.25, 0.3) is 11.1 Å². The minimum absolute atomic E-state index is 0.0459. The molecule has 1 unspecified atom stereocenters. The molecular formula is C23H23F7. The maximum absolute atomic E-state index is 14.1. The molecule has 30 heavy (non-hydrogen) atoms. The molecule has 3 rings (SSSR count). The molecule has 0 aromatic heterocycles. The first kappa shape index (κ1) is 22.6. The van der Waals surface area contributed by atoms with Crippen LogP contribution in [0.15, 0.2) is 36.4 Å². The zero-order valence-corrected chi connectivity index (χ0v) is 16.3. The van der Waals surface area contributed by atoms with Crippen molar-refractivity contribution in [1.82, 2.24) is 0 Å². The fourth-order valence-electron chi connectivity index (χ4n) is 4.25. The Balaban J connectivity index is 1.72. The third-order valence-electron chi connectivity index (χ3n) is 5.93. The summed E-state index contributed by atoms with van der Waals surface area (Å²) in [7, 11) is 0. The monoisotopic (exact) mass is 432 g/mol. The molecule has 1 fully saturated rings.